The van der Waals surface area contributed by atoms with E-state index in [1.807, 2.05) is 30.6 Å². The molecule has 0 fully saturated rings. The predicted molar refractivity (Wildman–Crippen MR) is 154 cm³/mol. The summed E-state index contributed by atoms with van der Waals surface area (Å²) in [5, 5.41) is 35.3. The van der Waals surface area contributed by atoms with E-state index in [2.05, 4.69) is 5.32 Å². The van der Waals surface area contributed by atoms with E-state index in [0.717, 1.165) is 29.2 Å². The Morgan fingerprint density at radius 2 is 1.71 bits per heavy atom. The molecular weight excluding hydrogens is 573 g/mol. The summed E-state index contributed by atoms with van der Waals surface area (Å²) in [6.45, 7) is 3.68. The largest absolute Gasteiger partial charge is 0.450 e. The number of halogens is 2. The number of nitro benzene ring substituents is 2. The van der Waals surface area contributed by atoms with Crippen LogP contribution in [0.15, 0.2) is 72.3 Å². The highest BCUT2D eigenvalue weighted by Gasteiger charge is 2.21. The second-order valence-electron chi connectivity index (χ2n) is 8.67. The molecule has 0 bridgehead atoms. The quantitative estimate of drug-likeness (QED) is 0.0959. The number of nitro groups is 2. The van der Waals surface area contributed by atoms with Gasteiger partial charge < -0.3 is 14.6 Å². The van der Waals surface area contributed by atoms with Crippen molar-refractivity contribution in [3.8, 4) is 23.3 Å². The number of benzene rings is 3. The highest BCUT2D eigenvalue weighted by Crippen LogP contribution is 2.35. The fraction of sp³-hybridized carbons (Fsp3) is 0.0714. The topological polar surface area (TPSA) is 153 Å². The number of nitrogens with one attached hydrogen (secondary N) is 1. The Balaban J connectivity index is 1.58. The van der Waals surface area contributed by atoms with Crippen molar-refractivity contribution < 1.29 is 19.4 Å². The fourth-order valence-electron chi connectivity index (χ4n) is 4.05. The minimum atomic E-state index is -0.752. The number of rotatable bonds is 8. The zero-order chi connectivity index (χ0) is 29.8. The van der Waals surface area contributed by atoms with Gasteiger partial charge in [0.1, 0.15) is 17.4 Å². The van der Waals surface area contributed by atoms with E-state index in [4.69, 9.17) is 27.9 Å². The summed E-state index contributed by atoms with van der Waals surface area (Å²) in [5.41, 5.74) is 2.14. The maximum absolute atomic E-state index is 12.8. The molecule has 0 aliphatic rings. The first kappa shape index (κ1) is 28.8. The van der Waals surface area contributed by atoms with Gasteiger partial charge in [-0.05, 0) is 80.1 Å². The molecule has 4 aromatic rings. The molecule has 41 heavy (non-hydrogen) atoms. The molecule has 1 amide bonds. The second kappa shape index (κ2) is 11.9. The van der Waals surface area contributed by atoms with E-state index in [9.17, 15) is 30.3 Å². The maximum Gasteiger partial charge on any atom is 0.318 e. The summed E-state index contributed by atoms with van der Waals surface area (Å²) in [7, 11) is 0. The van der Waals surface area contributed by atoms with E-state index in [-0.39, 0.29) is 22.1 Å². The minimum Gasteiger partial charge on any atom is -0.450 e. The SMILES string of the molecule is Cc1cc(/C=C(/C#N)C(=O)Nc2ccc(Cl)cc2Cl)c(C)n1-c1ccc(Oc2ccc([N+](=O)[O-])cc2[N+](=O)[O-])cc1. The molecule has 0 radical (unpaired) electrons. The standard InChI is InChI=1S/C28H19Cl2N5O6/c1-16-11-18(12-19(15-31)28(36)32-25-9-3-20(29)13-24(25)30)17(2)33(16)21-4-7-23(8-5-21)41-27-10-6-22(34(37)38)14-26(27)35(39)40/h3-14H,1-2H3,(H,32,36)/b19-12-. The highest BCUT2D eigenvalue weighted by atomic mass is 35.5. The molecule has 0 atom stereocenters. The summed E-state index contributed by atoms with van der Waals surface area (Å²) in [4.78, 5) is 33.7. The van der Waals surface area contributed by atoms with E-state index in [1.54, 1.807) is 30.3 Å². The molecule has 0 saturated heterocycles. The van der Waals surface area contributed by atoms with Crippen molar-refractivity contribution in [2.24, 2.45) is 0 Å². The maximum atomic E-state index is 12.8. The monoisotopic (exact) mass is 591 g/mol. The van der Waals surface area contributed by atoms with Crippen molar-refractivity contribution in [1.29, 1.82) is 5.26 Å². The summed E-state index contributed by atoms with van der Waals surface area (Å²) < 4.78 is 7.53. The molecule has 11 nitrogen and oxygen atoms in total. The van der Waals surface area contributed by atoms with Crippen molar-refractivity contribution in [3.05, 3.63) is 120 Å². The normalized spacial score (nSPS) is 11.0. The number of nitriles is 1. The number of hydrogen-bond acceptors (Lipinski definition) is 7. The van der Waals surface area contributed by atoms with E-state index >= 15 is 0 Å². The van der Waals surface area contributed by atoms with Crippen molar-refractivity contribution in [2.75, 3.05) is 5.32 Å². The van der Waals surface area contributed by atoms with Crippen molar-refractivity contribution >= 4 is 52.2 Å². The van der Waals surface area contributed by atoms with Gasteiger partial charge in [-0.3, -0.25) is 25.0 Å². The Bertz CT molecular complexity index is 1770. The lowest BCUT2D eigenvalue weighted by atomic mass is 10.1. The van der Waals surface area contributed by atoms with Crippen LogP contribution in [-0.2, 0) is 4.79 Å². The Kier molecular flexibility index (Phi) is 8.37. The van der Waals surface area contributed by atoms with Gasteiger partial charge in [0.15, 0.2) is 0 Å². The lowest BCUT2D eigenvalue weighted by Crippen LogP contribution is -2.13. The predicted octanol–water partition coefficient (Wildman–Crippen LogP) is 7.56. The number of ether oxygens (including phenoxy) is 1. The van der Waals surface area contributed by atoms with E-state index < -0.39 is 27.1 Å². The van der Waals surface area contributed by atoms with Gasteiger partial charge in [-0.25, -0.2) is 0 Å². The van der Waals surface area contributed by atoms with E-state index in [0.29, 0.717) is 16.3 Å². The zero-order valence-electron chi connectivity index (χ0n) is 21.4. The van der Waals surface area contributed by atoms with Gasteiger partial charge in [-0.1, -0.05) is 23.2 Å². The molecule has 13 heteroatoms. The van der Waals surface area contributed by atoms with Crippen LogP contribution < -0.4 is 10.1 Å². The third-order valence-corrected chi connectivity index (χ3v) is 6.54. The Labute approximate surface area is 243 Å². The molecule has 1 N–H and O–H groups in total. The van der Waals surface area contributed by atoms with E-state index in [1.165, 1.54) is 24.3 Å². The van der Waals surface area contributed by atoms with Crippen LogP contribution >= 0.6 is 23.2 Å². The molecule has 3 aromatic carbocycles. The summed E-state index contributed by atoms with van der Waals surface area (Å²) in [6, 6.07) is 18.1. The number of carbonyl (C=O) groups excluding carboxylic acids is 1. The molecule has 0 aliphatic carbocycles. The molecular formula is C28H19Cl2N5O6. The second-order valence-corrected chi connectivity index (χ2v) is 9.52. The van der Waals surface area contributed by atoms with Gasteiger partial charge in [-0.2, -0.15) is 5.26 Å². The summed E-state index contributed by atoms with van der Waals surface area (Å²) in [6.07, 6.45) is 1.48. The number of carbonyl (C=O) groups is 1. The average Bonchev–Trinajstić information content (AvgIpc) is 3.21. The number of nitrogens with zero attached hydrogens (tertiary/aromatic N) is 4. The lowest BCUT2D eigenvalue weighted by molar-refractivity contribution is -0.394. The van der Waals surface area contributed by atoms with Crippen molar-refractivity contribution in [3.63, 3.8) is 0 Å². The fourth-order valence-corrected chi connectivity index (χ4v) is 4.51. The van der Waals surface area contributed by atoms with Gasteiger partial charge in [0.2, 0.25) is 5.75 Å². The Morgan fingerprint density at radius 3 is 2.32 bits per heavy atom. The van der Waals surface area contributed by atoms with Crippen LogP contribution in [0.5, 0.6) is 11.5 Å². The molecule has 0 saturated carbocycles. The lowest BCUT2D eigenvalue weighted by Gasteiger charge is -2.11. The van der Waals surface area contributed by atoms with Gasteiger partial charge in [0.05, 0.1) is 26.6 Å². The molecule has 0 unspecified atom stereocenters. The Hall–Kier alpha value is -5.18. The minimum absolute atomic E-state index is 0.135. The van der Waals surface area contributed by atoms with Gasteiger partial charge >= 0.3 is 5.69 Å². The molecule has 4 rings (SSSR count). The number of amides is 1. The summed E-state index contributed by atoms with van der Waals surface area (Å²) in [5.74, 6) is -0.503. The zero-order valence-corrected chi connectivity index (χ0v) is 22.9. The molecule has 1 heterocycles. The van der Waals surface area contributed by atoms with Crippen LogP contribution in [0.2, 0.25) is 10.0 Å². The van der Waals surface area contributed by atoms with Gasteiger partial charge in [0.25, 0.3) is 11.6 Å². The van der Waals surface area contributed by atoms with Crippen LogP contribution in [0.4, 0.5) is 17.1 Å². The molecule has 0 spiro atoms. The van der Waals surface area contributed by atoms with Crippen LogP contribution in [0.25, 0.3) is 11.8 Å². The molecule has 206 valence electrons. The number of aromatic nitrogens is 1. The molecule has 1 aromatic heterocycles. The van der Waals surface area contributed by atoms with Gasteiger partial charge in [0, 0.05) is 28.2 Å². The Morgan fingerprint density at radius 1 is 1.00 bits per heavy atom. The number of hydrogen-bond donors (Lipinski definition) is 1. The van der Waals surface area contributed by atoms with Crippen molar-refractivity contribution in [2.45, 2.75) is 13.8 Å². The van der Waals surface area contributed by atoms with Gasteiger partial charge in [-0.15, -0.1) is 0 Å². The van der Waals surface area contributed by atoms with Crippen LogP contribution in [0, 0.1) is 45.4 Å². The summed E-state index contributed by atoms with van der Waals surface area (Å²) >= 11 is 12.0. The number of anilines is 1. The first-order chi connectivity index (χ1) is 19.5. The first-order valence-corrected chi connectivity index (χ1v) is 12.5. The van der Waals surface area contributed by atoms with Crippen molar-refractivity contribution in [1.82, 2.24) is 4.57 Å². The third-order valence-electron chi connectivity index (χ3n) is 5.99. The number of non-ortho nitro benzene ring substituents is 1. The molecule has 0 aliphatic heterocycles. The van der Waals surface area contributed by atoms with Crippen LogP contribution in [0.1, 0.15) is 17.0 Å². The smallest absolute Gasteiger partial charge is 0.318 e. The number of aryl methyl sites for hydroxylation is 1. The third kappa shape index (κ3) is 6.36. The highest BCUT2D eigenvalue weighted by molar-refractivity contribution is 6.36. The van der Waals surface area contributed by atoms with Crippen LogP contribution in [-0.4, -0.2) is 20.3 Å². The first-order valence-electron chi connectivity index (χ1n) is 11.8. The van der Waals surface area contributed by atoms with Crippen LogP contribution in [0.3, 0.4) is 0 Å². The average molecular weight is 592 g/mol.